The van der Waals surface area contributed by atoms with Crippen LogP contribution in [0.4, 0.5) is 5.69 Å². The molecule has 1 heterocycles. The lowest BCUT2D eigenvalue weighted by Gasteiger charge is -2.28. The highest BCUT2D eigenvalue weighted by atomic mass is 16.5. The highest BCUT2D eigenvalue weighted by Crippen LogP contribution is 2.38. The fraction of sp³-hybridized carbons (Fsp3) is 0.235. The van der Waals surface area contributed by atoms with Gasteiger partial charge in [-0.05, 0) is 30.7 Å². The third-order valence-electron chi connectivity index (χ3n) is 3.46. The molecule has 0 saturated carbocycles. The summed E-state index contributed by atoms with van der Waals surface area (Å²) >= 11 is 0. The Hall–Kier alpha value is -3.09. The van der Waals surface area contributed by atoms with Crippen molar-refractivity contribution in [2.24, 2.45) is 0 Å². The molecule has 0 radical (unpaired) electrons. The molecule has 7 heteroatoms. The number of pyridine rings is 1. The predicted molar refractivity (Wildman–Crippen MR) is 94.6 cm³/mol. The molecule has 126 valence electrons. The molecule has 0 saturated heterocycles. The molecule has 0 unspecified atom stereocenters. The van der Waals surface area contributed by atoms with Crippen LogP contribution in [0.5, 0.6) is 11.5 Å². The summed E-state index contributed by atoms with van der Waals surface area (Å²) in [7, 11) is 4.70. The van der Waals surface area contributed by atoms with Gasteiger partial charge in [0.2, 0.25) is 5.96 Å². The standard InChI is InChI=1S/C17H21N5O2/c1-11-8-12(10-21-9-11)16(18)22(17(19)20-2)15-13(23-3)6-5-7-14(15)24-4/h5-10,18H,1-4H3,(H2,19,20). The molecule has 0 fully saturated rings. The number of hydrogen-bond acceptors (Lipinski definition) is 5. The number of ether oxygens (including phenoxy) is 2. The SMILES string of the molecule is CNC(=N)N(C(=N)c1cncc(C)c1)c1c(OC)cccc1OC. The minimum absolute atomic E-state index is 0.0179. The van der Waals surface area contributed by atoms with E-state index in [-0.39, 0.29) is 11.8 Å². The predicted octanol–water partition coefficient (Wildman–Crippen LogP) is 2.39. The van der Waals surface area contributed by atoms with Crippen LogP contribution >= 0.6 is 0 Å². The topological polar surface area (TPSA) is 94.3 Å². The zero-order valence-electron chi connectivity index (χ0n) is 14.2. The van der Waals surface area contributed by atoms with E-state index in [0.717, 1.165) is 5.56 Å². The average Bonchev–Trinajstić information content (AvgIpc) is 2.61. The zero-order valence-corrected chi connectivity index (χ0v) is 14.2. The van der Waals surface area contributed by atoms with E-state index in [4.69, 9.17) is 20.3 Å². The van der Waals surface area contributed by atoms with E-state index in [0.29, 0.717) is 22.7 Å². The molecule has 3 N–H and O–H groups in total. The van der Waals surface area contributed by atoms with Crippen LogP contribution in [0.25, 0.3) is 0 Å². The maximum atomic E-state index is 8.59. The molecule has 1 aromatic heterocycles. The molecule has 1 aromatic carbocycles. The van der Waals surface area contributed by atoms with E-state index in [1.807, 2.05) is 13.0 Å². The van der Waals surface area contributed by atoms with Gasteiger partial charge in [0.25, 0.3) is 0 Å². The van der Waals surface area contributed by atoms with Crippen molar-refractivity contribution in [1.82, 2.24) is 10.3 Å². The van der Waals surface area contributed by atoms with Gasteiger partial charge in [-0.1, -0.05) is 6.07 Å². The largest absolute Gasteiger partial charge is 0.494 e. The molecule has 0 bridgehead atoms. The molecular weight excluding hydrogens is 306 g/mol. The van der Waals surface area contributed by atoms with Crippen LogP contribution in [0.3, 0.4) is 0 Å². The number of methoxy groups -OCH3 is 2. The maximum absolute atomic E-state index is 8.59. The third-order valence-corrected chi connectivity index (χ3v) is 3.46. The Morgan fingerprint density at radius 3 is 2.25 bits per heavy atom. The molecule has 7 nitrogen and oxygen atoms in total. The van der Waals surface area contributed by atoms with Crippen LogP contribution in [0, 0.1) is 17.7 Å². The second-order valence-electron chi connectivity index (χ2n) is 5.04. The summed E-state index contributed by atoms with van der Waals surface area (Å²) in [6.45, 7) is 1.90. The molecule has 0 atom stereocenters. The van der Waals surface area contributed by atoms with Gasteiger partial charge in [0.05, 0.1) is 14.2 Å². The van der Waals surface area contributed by atoms with Gasteiger partial charge in [-0.25, -0.2) is 0 Å². The van der Waals surface area contributed by atoms with E-state index in [1.165, 1.54) is 19.1 Å². The van der Waals surface area contributed by atoms with Crippen molar-refractivity contribution < 1.29 is 9.47 Å². The van der Waals surface area contributed by atoms with Gasteiger partial charge in [-0.3, -0.25) is 20.7 Å². The smallest absolute Gasteiger partial charge is 0.201 e. The fourth-order valence-corrected chi connectivity index (χ4v) is 2.31. The van der Waals surface area contributed by atoms with Crippen LogP contribution in [0.2, 0.25) is 0 Å². The Kier molecular flexibility index (Phi) is 5.36. The molecule has 24 heavy (non-hydrogen) atoms. The van der Waals surface area contributed by atoms with Gasteiger partial charge in [0.1, 0.15) is 23.0 Å². The number of aryl methyl sites for hydroxylation is 1. The first-order valence-corrected chi connectivity index (χ1v) is 7.31. The Morgan fingerprint density at radius 1 is 1.12 bits per heavy atom. The minimum atomic E-state index is 0.0179. The monoisotopic (exact) mass is 327 g/mol. The van der Waals surface area contributed by atoms with Gasteiger partial charge in [-0.15, -0.1) is 0 Å². The minimum Gasteiger partial charge on any atom is -0.494 e. The number of amidine groups is 1. The van der Waals surface area contributed by atoms with E-state index in [9.17, 15) is 0 Å². The number of guanidine groups is 1. The van der Waals surface area contributed by atoms with Crippen LogP contribution < -0.4 is 19.7 Å². The fourth-order valence-electron chi connectivity index (χ4n) is 2.31. The lowest BCUT2D eigenvalue weighted by Crippen LogP contribution is -2.43. The Bertz CT molecular complexity index is 738. The Labute approximate surface area is 141 Å². The number of rotatable bonds is 4. The quantitative estimate of drug-likeness (QED) is 0.592. The number of aromatic nitrogens is 1. The lowest BCUT2D eigenvalue weighted by atomic mass is 10.1. The van der Waals surface area contributed by atoms with Crippen LogP contribution in [-0.4, -0.2) is 38.0 Å². The first-order chi connectivity index (χ1) is 11.5. The van der Waals surface area contributed by atoms with E-state index >= 15 is 0 Å². The maximum Gasteiger partial charge on any atom is 0.201 e. The van der Waals surface area contributed by atoms with Crippen LogP contribution in [0.1, 0.15) is 11.1 Å². The molecule has 2 aromatic rings. The summed E-state index contributed by atoms with van der Waals surface area (Å²) in [5, 5.41) is 19.6. The number of para-hydroxylation sites is 1. The molecule has 2 rings (SSSR count). The van der Waals surface area contributed by atoms with E-state index in [2.05, 4.69) is 10.3 Å². The summed E-state index contributed by atoms with van der Waals surface area (Å²) < 4.78 is 10.8. The highest BCUT2D eigenvalue weighted by molar-refractivity contribution is 6.23. The number of nitrogens with one attached hydrogen (secondary N) is 3. The van der Waals surface area contributed by atoms with Crippen LogP contribution in [0.15, 0.2) is 36.7 Å². The van der Waals surface area contributed by atoms with Crippen molar-refractivity contribution >= 4 is 17.5 Å². The van der Waals surface area contributed by atoms with Gasteiger partial charge in [0.15, 0.2) is 0 Å². The normalized spacial score (nSPS) is 10.0. The summed E-state index contributed by atoms with van der Waals surface area (Å²) in [6.07, 6.45) is 3.31. The molecular formula is C17H21N5O2. The summed E-state index contributed by atoms with van der Waals surface area (Å²) in [6, 6.07) is 7.15. The summed E-state index contributed by atoms with van der Waals surface area (Å²) in [5.41, 5.74) is 2.00. The van der Waals surface area contributed by atoms with Gasteiger partial charge >= 0.3 is 0 Å². The molecule has 0 spiro atoms. The Balaban J connectivity index is 2.63. The van der Waals surface area contributed by atoms with Crippen molar-refractivity contribution in [3.63, 3.8) is 0 Å². The second kappa shape index (κ2) is 7.45. The molecule has 0 aliphatic rings. The van der Waals surface area contributed by atoms with Crippen molar-refractivity contribution in [3.05, 3.63) is 47.8 Å². The Morgan fingerprint density at radius 2 is 1.75 bits per heavy atom. The lowest BCUT2D eigenvalue weighted by molar-refractivity contribution is 0.397. The van der Waals surface area contributed by atoms with E-state index < -0.39 is 0 Å². The third kappa shape index (κ3) is 3.29. The summed E-state index contributed by atoms with van der Waals surface area (Å²) in [5.74, 6) is 1.11. The van der Waals surface area contributed by atoms with Gasteiger partial charge in [-0.2, -0.15) is 0 Å². The van der Waals surface area contributed by atoms with Gasteiger partial charge in [0, 0.05) is 25.0 Å². The number of nitrogens with zero attached hydrogens (tertiary/aromatic N) is 2. The highest BCUT2D eigenvalue weighted by Gasteiger charge is 2.25. The first-order valence-electron chi connectivity index (χ1n) is 7.31. The number of benzene rings is 1. The van der Waals surface area contributed by atoms with Crippen LogP contribution in [-0.2, 0) is 0 Å². The number of anilines is 1. The number of hydrogen-bond donors (Lipinski definition) is 3. The molecule has 0 aliphatic heterocycles. The van der Waals surface area contributed by atoms with Crippen molar-refractivity contribution in [3.8, 4) is 11.5 Å². The first kappa shape index (κ1) is 17.3. The van der Waals surface area contributed by atoms with Crippen molar-refractivity contribution in [2.45, 2.75) is 6.92 Å². The zero-order chi connectivity index (χ0) is 17.7. The molecule has 0 aliphatic carbocycles. The average molecular weight is 327 g/mol. The second-order valence-corrected chi connectivity index (χ2v) is 5.04. The van der Waals surface area contributed by atoms with Crippen molar-refractivity contribution in [2.75, 3.05) is 26.2 Å². The van der Waals surface area contributed by atoms with E-state index in [1.54, 1.807) is 37.6 Å². The molecule has 0 amide bonds. The summed E-state index contributed by atoms with van der Waals surface area (Å²) in [4.78, 5) is 5.56. The van der Waals surface area contributed by atoms with Gasteiger partial charge < -0.3 is 14.8 Å². The van der Waals surface area contributed by atoms with Crippen molar-refractivity contribution in [1.29, 1.82) is 10.8 Å².